The van der Waals surface area contributed by atoms with E-state index in [4.69, 9.17) is 14.2 Å². The molecular weight excluding hydrogens is 634 g/mol. The molecule has 9 nitrogen and oxygen atoms in total. The highest BCUT2D eigenvalue weighted by Gasteiger charge is 2.41. The number of hydrogen-bond donors (Lipinski definition) is 2. The standard InChI is InChI=1S/C18H26F2N2O2.C17H23F2NO4/c1-4-5-6-9-21-17(23)22-16(11-24-12-18(22,2)3)13-7-8-14(19)15(20)10-13;1-16(2,3)24-15(22)20-17(4,5)10-23-9-14(21)11-6-7-12(18)13(19)8-11/h7-8,10,16H,4-6,9,11-12H2,1-3H3,(H,21,23);6-8H,9-10H2,1-5H3,(H,20,22). The first-order chi connectivity index (χ1) is 22.3. The molecule has 0 radical (unpaired) electrons. The molecule has 0 bridgehead atoms. The van der Waals surface area contributed by atoms with Crippen molar-refractivity contribution >= 4 is 17.9 Å². The smallest absolute Gasteiger partial charge is 0.408 e. The minimum absolute atomic E-state index is 0.0202. The van der Waals surface area contributed by atoms with Crippen molar-refractivity contribution in [2.75, 3.05) is 33.0 Å². The second-order valence-corrected chi connectivity index (χ2v) is 13.9. The van der Waals surface area contributed by atoms with Gasteiger partial charge in [0.25, 0.3) is 0 Å². The average molecular weight is 684 g/mol. The van der Waals surface area contributed by atoms with E-state index in [-0.39, 0.29) is 31.4 Å². The van der Waals surface area contributed by atoms with Crippen LogP contribution in [-0.4, -0.2) is 72.5 Å². The van der Waals surface area contributed by atoms with Crippen molar-refractivity contribution in [2.45, 2.75) is 97.4 Å². The number of rotatable bonds is 11. The summed E-state index contributed by atoms with van der Waals surface area (Å²) in [5.74, 6) is -4.41. The number of nitrogens with zero attached hydrogens (tertiary/aromatic N) is 1. The molecule has 3 amide bonds. The molecule has 1 fully saturated rings. The number of nitrogens with one attached hydrogen (secondary N) is 2. The van der Waals surface area contributed by atoms with Crippen LogP contribution in [0.1, 0.15) is 96.6 Å². The van der Waals surface area contributed by atoms with Crippen molar-refractivity contribution in [3.63, 3.8) is 0 Å². The molecule has 1 atom stereocenters. The summed E-state index contributed by atoms with van der Waals surface area (Å²) in [4.78, 5) is 38.0. The van der Waals surface area contributed by atoms with Crippen molar-refractivity contribution in [1.82, 2.24) is 15.5 Å². The van der Waals surface area contributed by atoms with Gasteiger partial charge in [0.05, 0.1) is 36.9 Å². The van der Waals surface area contributed by atoms with Gasteiger partial charge >= 0.3 is 12.1 Å². The molecule has 0 spiro atoms. The lowest BCUT2D eigenvalue weighted by Crippen LogP contribution is -2.59. The average Bonchev–Trinajstić information content (AvgIpc) is 2.96. The number of unbranched alkanes of at least 4 members (excludes halogenated alkanes) is 2. The molecule has 48 heavy (non-hydrogen) atoms. The lowest BCUT2D eigenvalue weighted by atomic mass is 9.95. The normalized spacial score (nSPS) is 16.0. The number of carbonyl (C=O) groups is 3. The number of Topliss-reactive ketones (excluding diaryl/α,β-unsaturated/α-hetero) is 1. The van der Waals surface area contributed by atoms with E-state index in [0.29, 0.717) is 18.7 Å². The summed E-state index contributed by atoms with van der Waals surface area (Å²) in [6.07, 6.45) is 2.46. The van der Waals surface area contributed by atoms with Gasteiger partial charge < -0.3 is 29.7 Å². The Morgan fingerprint density at radius 1 is 0.938 bits per heavy atom. The van der Waals surface area contributed by atoms with Gasteiger partial charge in [0.1, 0.15) is 12.2 Å². The van der Waals surface area contributed by atoms with Gasteiger partial charge in [0, 0.05) is 12.1 Å². The molecule has 3 rings (SSSR count). The van der Waals surface area contributed by atoms with Crippen molar-refractivity contribution < 1.29 is 46.2 Å². The summed E-state index contributed by atoms with van der Waals surface area (Å²) < 4.78 is 68.8. The number of hydrogen-bond acceptors (Lipinski definition) is 6. The lowest BCUT2D eigenvalue weighted by Gasteiger charge is -2.47. The number of halogens is 4. The molecule has 1 saturated heterocycles. The van der Waals surface area contributed by atoms with Crippen LogP contribution >= 0.6 is 0 Å². The maximum absolute atomic E-state index is 13.6. The molecule has 0 saturated carbocycles. The molecule has 2 N–H and O–H groups in total. The summed E-state index contributed by atoms with van der Waals surface area (Å²) in [5, 5.41) is 5.57. The molecule has 268 valence electrons. The Morgan fingerprint density at radius 2 is 1.56 bits per heavy atom. The van der Waals surface area contributed by atoms with E-state index in [1.54, 1.807) is 39.5 Å². The fraction of sp³-hybridized carbons (Fsp3) is 0.571. The van der Waals surface area contributed by atoms with E-state index >= 15 is 0 Å². The molecule has 0 aliphatic carbocycles. The largest absolute Gasteiger partial charge is 0.444 e. The van der Waals surface area contributed by atoms with Crippen LogP contribution in [0.15, 0.2) is 36.4 Å². The van der Waals surface area contributed by atoms with Crippen LogP contribution in [0.25, 0.3) is 0 Å². The Labute approximate surface area is 280 Å². The van der Waals surface area contributed by atoms with Crippen LogP contribution in [0.5, 0.6) is 0 Å². The Morgan fingerprint density at radius 3 is 2.15 bits per heavy atom. The Hall–Kier alpha value is -3.71. The number of morpholine rings is 1. The van der Waals surface area contributed by atoms with Crippen molar-refractivity contribution in [1.29, 1.82) is 0 Å². The predicted octanol–water partition coefficient (Wildman–Crippen LogP) is 7.48. The number of urea groups is 1. The fourth-order valence-corrected chi connectivity index (χ4v) is 4.79. The van der Waals surface area contributed by atoms with Gasteiger partial charge in [0.15, 0.2) is 29.1 Å². The van der Waals surface area contributed by atoms with Crippen LogP contribution in [0.4, 0.5) is 27.2 Å². The summed E-state index contributed by atoms with van der Waals surface area (Å²) in [7, 11) is 0. The molecular formula is C35H49F4N3O6. The maximum atomic E-state index is 13.6. The van der Waals surface area contributed by atoms with E-state index in [1.807, 2.05) is 13.8 Å². The van der Waals surface area contributed by atoms with Crippen molar-refractivity contribution in [3.05, 3.63) is 70.8 Å². The summed E-state index contributed by atoms with van der Waals surface area (Å²) in [5.41, 5.74) is -1.37. The van der Waals surface area contributed by atoms with E-state index in [2.05, 4.69) is 17.6 Å². The number of amides is 3. The highest BCUT2D eigenvalue weighted by Crippen LogP contribution is 2.34. The number of alkyl carbamates (subject to hydrolysis) is 1. The first-order valence-electron chi connectivity index (χ1n) is 15.9. The van der Waals surface area contributed by atoms with Crippen LogP contribution in [0, 0.1) is 23.3 Å². The third-order valence-corrected chi connectivity index (χ3v) is 7.08. The van der Waals surface area contributed by atoms with Crippen molar-refractivity contribution in [2.24, 2.45) is 0 Å². The topological polar surface area (TPSA) is 106 Å². The van der Waals surface area contributed by atoms with E-state index in [1.165, 1.54) is 12.1 Å². The molecule has 2 aromatic carbocycles. The highest BCUT2D eigenvalue weighted by atomic mass is 19.2. The number of ketones is 1. The zero-order valence-corrected chi connectivity index (χ0v) is 29.1. The Bertz CT molecular complexity index is 1400. The van der Waals surface area contributed by atoms with Gasteiger partial charge in [-0.2, -0.15) is 0 Å². The predicted molar refractivity (Wildman–Crippen MR) is 174 cm³/mol. The van der Waals surface area contributed by atoms with Gasteiger partial charge in [-0.05, 0) is 90.8 Å². The van der Waals surface area contributed by atoms with Crippen molar-refractivity contribution in [3.8, 4) is 0 Å². The number of ether oxygens (including phenoxy) is 3. The molecule has 1 aliphatic rings. The number of carbonyl (C=O) groups excluding carboxylic acids is 3. The maximum Gasteiger partial charge on any atom is 0.408 e. The summed E-state index contributed by atoms with van der Waals surface area (Å²) in [6.45, 7) is 15.6. The van der Waals surface area contributed by atoms with Crippen LogP contribution in [-0.2, 0) is 14.2 Å². The van der Waals surface area contributed by atoms with Gasteiger partial charge in [-0.25, -0.2) is 27.2 Å². The van der Waals surface area contributed by atoms with Crippen LogP contribution in [0.2, 0.25) is 0 Å². The van der Waals surface area contributed by atoms with E-state index in [9.17, 15) is 31.9 Å². The van der Waals surface area contributed by atoms with Gasteiger partial charge in [0.2, 0.25) is 0 Å². The molecule has 1 heterocycles. The Balaban J connectivity index is 0.000000333. The second kappa shape index (κ2) is 17.6. The van der Waals surface area contributed by atoms with E-state index < -0.39 is 57.9 Å². The minimum Gasteiger partial charge on any atom is -0.444 e. The van der Waals surface area contributed by atoms with Crippen LogP contribution < -0.4 is 10.6 Å². The lowest BCUT2D eigenvalue weighted by molar-refractivity contribution is -0.0657. The van der Waals surface area contributed by atoms with Gasteiger partial charge in [-0.1, -0.05) is 25.8 Å². The third-order valence-electron chi connectivity index (χ3n) is 7.08. The molecule has 0 aromatic heterocycles. The quantitative estimate of drug-likeness (QED) is 0.145. The van der Waals surface area contributed by atoms with Gasteiger partial charge in [-0.15, -0.1) is 0 Å². The monoisotopic (exact) mass is 683 g/mol. The minimum atomic E-state index is -1.09. The molecule has 2 aromatic rings. The van der Waals surface area contributed by atoms with Crippen LogP contribution in [0.3, 0.4) is 0 Å². The second-order valence-electron chi connectivity index (χ2n) is 13.9. The zero-order valence-electron chi connectivity index (χ0n) is 29.1. The van der Waals surface area contributed by atoms with E-state index in [0.717, 1.165) is 43.5 Å². The zero-order chi connectivity index (χ0) is 36.3. The summed E-state index contributed by atoms with van der Waals surface area (Å²) >= 11 is 0. The molecule has 13 heteroatoms. The Kier molecular flexibility index (Phi) is 14.9. The van der Waals surface area contributed by atoms with Gasteiger partial charge in [-0.3, -0.25) is 4.79 Å². The summed E-state index contributed by atoms with van der Waals surface area (Å²) in [6, 6.07) is 5.98. The number of benzene rings is 2. The SMILES string of the molecule is CC(C)(COCC(=O)c1ccc(F)c(F)c1)NC(=O)OC(C)(C)C.CCCCCNC(=O)N1C(c2ccc(F)c(F)c2)COCC1(C)C. The molecule has 1 aliphatic heterocycles. The fourth-order valence-electron chi connectivity index (χ4n) is 4.79. The first kappa shape index (κ1) is 40.5. The first-order valence-corrected chi connectivity index (χ1v) is 15.9. The molecule has 1 unspecified atom stereocenters. The third kappa shape index (κ3) is 13.1. The highest BCUT2D eigenvalue weighted by molar-refractivity contribution is 5.97.